The third-order valence-corrected chi connectivity index (χ3v) is 5.35. The Morgan fingerprint density at radius 1 is 1.09 bits per heavy atom. The molecule has 0 spiro atoms. The molecule has 1 aromatic rings. The molecule has 2 aliphatic heterocycles. The summed E-state index contributed by atoms with van der Waals surface area (Å²) in [6.45, 7) is 10.1. The minimum atomic E-state index is 0.0996. The summed E-state index contributed by atoms with van der Waals surface area (Å²) in [5.74, 6) is 0.335. The summed E-state index contributed by atoms with van der Waals surface area (Å²) < 4.78 is 0. The maximum atomic E-state index is 13.0. The molecule has 0 bridgehead atoms. The van der Waals surface area contributed by atoms with Crippen LogP contribution in [0.5, 0.6) is 0 Å². The topological polar surface area (TPSA) is 26.8 Å². The van der Waals surface area contributed by atoms with Crippen LogP contribution in [0.25, 0.3) is 0 Å². The number of piperazine rings is 1. The molecule has 1 amide bonds. The first kappa shape index (κ1) is 16.5. The number of carbonyl (C=O) groups excluding carboxylic acids is 1. The van der Waals surface area contributed by atoms with Crippen molar-refractivity contribution in [2.75, 3.05) is 39.8 Å². The number of piperidine rings is 1. The maximum Gasteiger partial charge on any atom is 0.240 e. The molecule has 23 heavy (non-hydrogen) atoms. The molecule has 0 aliphatic carbocycles. The summed E-state index contributed by atoms with van der Waals surface area (Å²) in [7, 11) is 2.16. The lowest BCUT2D eigenvalue weighted by molar-refractivity contribution is -0.141. The summed E-state index contributed by atoms with van der Waals surface area (Å²) in [5.41, 5.74) is 3.84. The Labute approximate surface area is 140 Å². The van der Waals surface area contributed by atoms with Crippen molar-refractivity contribution in [3.05, 3.63) is 34.9 Å². The molecule has 0 N–H and O–H groups in total. The van der Waals surface area contributed by atoms with Gasteiger partial charge in [-0.2, -0.15) is 0 Å². The molecule has 4 heteroatoms. The Bertz CT molecular complexity index is 564. The Morgan fingerprint density at radius 2 is 1.83 bits per heavy atom. The van der Waals surface area contributed by atoms with Crippen LogP contribution in [-0.4, -0.2) is 66.4 Å². The fourth-order valence-electron chi connectivity index (χ4n) is 3.73. The largest absolute Gasteiger partial charge is 0.337 e. The lowest BCUT2D eigenvalue weighted by Gasteiger charge is -2.42. The van der Waals surface area contributed by atoms with Crippen LogP contribution in [0, 0.1) is 13.8 Å². The first-order chi connectivity index (χ1) is 11.0. The standard InChI is InChI=1S/C19H29N3O/c1-15-6-7-16(2)17(13-15)14-22-8-4-5-18(19(22)23)21-11-9-20(3)10-12-21/h6-7,13,18H,4-5,8-12,14H2,1-3H3. The average molecular weight is 315 g/mol. The Kier molecular flexibility index (Phi) is 5.02. The maximum absolute atomic E-state index is 13.0. The third kappa shape index (κ3) is 3.75. The molecule has 2 heterocycles. The summed E-state index contributed by atoms with van der Waals surface area (Å²) in [5, 5.41) is 0. The van der Waals surface area contributed by atoms with Crippen molar-refractivity contribution in [3.63, 3.8) is 0 Å². The van der Waals surface area contributed by atoms with E-state index >= 15 is 0 Å². The number of likely N-dealkylation sites (tertiary alicyclic amines) is 1. The molecule has 1 unspecified atom stereocenters. The number of amides is 1. The summed E-state index contributed by atoms with van der Waals surface area (Å²) >= 11 is 0. The molecule has 0 saturated carbocycles. The van der Waals surface area contributed by atoms with Crippen molar-refractivity contribution in [1.82, 2.24) is 14.7 Å². The van der Waals surface area contributed by atoms with Gasteiger partial charge in [0.25, 0.3) is 0 Å². The van der Waals surface area contributed by atoms with Crippen LogP contribution >= 0.6 is 0 Å². The van der Waals surface area contributed by atoms with Crippen molar-refractivity contribution in [2.45, 2.75) is 39.3 Å². The number of likely N-dealkylation sites (N-methyl/N-ethyl adjacent to an activating group) is 1. The molecule has 2 saturated heterocycles. The molecule has 2 fully saturated rings. The number of carbonyl (C=O) groups is 1. The van der Waals surface area contributed by atoms with E-state index in [9.17, 15) is 4.79 Å². The predicted molar refractivity (Wildman–Crippen MR) is 93.4 cm³/mol. The van der Waals surface area contributed by atoms with Crippen LogP contribution in [0.1, 0.15) is 29.5 Å². The number of nitrogens with zero attached hydrogens (tertiary/aromatic N) is 3. The molecular weight excluding hydrogens is 286 g/mol. The minimum absolute atomic E-state index is 0.0996. The van der Waals surface area contributed by atoms with Crippen molar-refractivity contribution >= 4 is 5.91 Å². The van der Waals surface area contributed by atoms with Crippen LogP contribution in [0.15, 0.2) is 18.2 Å². The van der Waals surface area contributed by atoms with E-state index < -0.39 is 0 Å². The fourth-order valence-corrected chi connectivity index (χ4v) is 3.73. The van der Waals surface area contributed by atoms with Gasteiger partial charge in [-0.25, -0.2) is 0 Å². The summed E-state index contributed by atoms with van der Waals surface area (Å²) in [6, 6.07) is 6.63. The van der Waals surface area contributed by atoms with Gasteiger partial charge in [0.15, 0.2) is 0 Å². The van der Waals surface area contributed by atoms with Crippen LogP contribution in [0.4, 0.5) is 0 Å². The molecular formula is C19H29N3O. The van der Waals surface area contributed by atoms with Crippen molar-refractivity contribution in [2.24, 2.45) is 0 Å². The highest BCUT2D eigenvalue weighted by molar-refractivity contribution is 5.82. The van der Waals surface area contributed by atoms with Crippen LogP contribution in [-0.2, 0) is 11.3 Å². The second-order valence-electron chi connectivity index (χ2n) is 7.19. The highest BCUT2D eigenvalue weighted by atomic mass is 16.2. The number of benzene rings is 1. The molecule has 0 aromatic heterocycles. The summed E-state index contributed by atoms with van der Waals surface area (Å²) in [4.78, 5) is 19.8. The highest BCUT2D eigenvalue weighted by Gasteiger charge is 2.34. The average Bonchev–Trinajstić information content (AvgIpc) is 2.54. The van der Waals surface area contributed by atoms with Crippen molar-refractivity contribution in [3.8, 4) is 0 Å². The van der Waals surface area contributed by atoms with Crippen molar-refractivity contribution < 1.29 is 4.79 Å². The number of aryl methyl sites for hydroxylation is 2. The second-order valence-corrected chi connectivity index (χ2v) is 7.19. The van der Waals surface area contributed by atoms with E-state index in [0.717, 1.165) is 52.1 Å². The minimum Gasteiger partial charge on any atom is -0.337 e. The smallest absolute Gasteiger partial charge is 0.240 e. The molecule has 1 atom stereocenters. The van der Waals surface area contributed by atoms with Gasteiger partial charge in [0.1, 0.15) is 0 Å². The molecule has 0 radical (unpaired) electrons. The van der Waals surface area contributed by atoms with Gasteiger partial charge in [-0.15, -0.1) is 0 Å². The molecule has 1 aromatic carbocycles. The van der Waals surface area contributed by atoms with E-state index in [1.165, 1.54) is 16.7 Å². The second kappa shape index (κ2) is 7.02. The molecule has 2 aliphatic rings. The van der Waals surface area contributed by atoms with E-state index in [4.69, 9.17) is 0 Å². The Morgan fingerprint density at radius 3 is 2.57 bits per heavy atom. The van der Waals surface area contributed by atoms with Crippen LogP contribution < -0.4 is 0 Å². The molecule has 4 nitrogen and oxygen atoms in total. The van der Waals surface area contributed by atoms with E-state index in [2.05, 4.69) is 53.8 Å². The van der Waals surface area contributed by atoms with E-state index in [-0.39, 0.29) is 6.04 Å². The summed E-state index contributed by atoms with van der Waals surface area (Å²) in [6.07, 6.45) is 2.14. The van der Waals surface area contributed by atoms with Gasteiger partial charge in [-0.1, -0.05) is 23.8 Å². The lowest BCUT2D eigenvalue weighted by atomic mass is 9.99. The van der Waals surface area contributed by atoms with Crippen molar-refractivity contribution in [1.29, 1.82) is 0 Å². The zero-order valence-corrected chi connectivity index (χ0v) is 14.7. The number of rotatable bonds is 3. The normalized spacial score (nSPS) is 24.2. The van der Waals surface area contributed by atoms with Gasteiger partial charge in [-0.05, 0) is 44.9 Å². The predicted octanol–water partition coefficient (Wildman–Crippen LogP) is 2.04. The van der Waals surface area contributed by atoms with E-state index in [1.807, 2.05) is 0 Å². The van der Waals surface area contributed by atoms with Gasteiger partial charge in [0.2, 0.25) is 5.91 Å². The number of hydrogen-bond acceptors (Lipinski definition) is 3. The SMILES string of the molecule is Cc1ccc(C)c(CN2CCCC(N3CCN(C)CC3)C2=O)c1. The van der Waals surface area contributed by atoms with Gasteiger partial charge in [0, 0.05) is 39.3 Å². The van der Waals surface area contributed by atoms with Crippen LogP contribution in [0.2, 0.25) is 0 Å². The zero-order chi connectivity index (χ0) is 16.4. The first-order valence-corrected chi connectivity index (χ1v) is 8.82. The zero-order valence-electron chi connectivity index (χ0n) is 14.7. The fraction of sp³-hybridized carbons (Fsp3) is 0.632. The Hall–Kier alpha value is -1.39. The molecule has 126 valence electrons. The van der Waals surface area contributed by atoms with E-state index in [1.54, 1.807) is 0 Å². The molecule has 3 rings (SSSR count). The lowest BCUT2D eigenvalue weighted by Crippen LogP contribution is -2.56. The van der Waals surface area contributed by atoms with Gasteiger partial charge in [-0.3, -0.25) is 9.69 Å². The third-order valence-electron chi connectivity index (χ3n) is 5.35. The van der Waals surface area contributed by atoms with Gasteiger partial charge >= 0.3 is 0 Å². The van der Waals surface area contributed by atoms with E-state index in [0.29, 0.717) is 5.91 Å². The quantitative estimate of drug-likeness (QED) is 0.854. The monoisotopic (exact) mass is 315 g/mol. The van der Waals surface area contributed by atoms with Gasteiger partial charge in [0.05, 0.1) is 6.04 Å². The first-order valence-electron chi connectivity index (χ1n) is 8.82. The highest BCUT2D eigenvalue weighted by Crippen LogP contribution is 2.22. The van der Waals surface area contributed by atoms with Gasteiger partial charge < -0.3 is 9.80 Å². The Balaban J connectivity index is 1.68. The number of hydrogen-bond donors (Lipinski definition) is 0. The van der Waals surface area contributed by atoms with Crippen LogP contribution in [0.3, 0.4) is 0 Å².